The number of hydrogen-bond acceptors (Lipinski definition) is 21. The summed E-state index contributed by atoms with van der Waals surface area (Å²) in [5.74, 6) is -24.5. The molecule has 0 unspecified atom stereocenters. The highest BCUT2D eigenvalue weighted by Gasteiger charge is 2.41. The maximum atomic E-state index is 15.1. The van der Waals surface area contributed by atoms with Crippen molar-refractivity contribution in [1.29, 1.82) is 0 Å². The summed E-state index contributed by atoms with van der Waals surface area (Å²) in [6.45, 7) is 27.4. The SMILES string of the molecule is CCCCCCCCCC(=O)N[C@@H](CC(C)C)C(=O)N[C@H](CCC(=O)O)C(=O)N[C@@H](CCC(N)=O)C(=O)N[C@@H](C(=O)N[C@H](CC(C)C)C(=O)N[C@@H](CCC(N)=O)C(=O)N[C@@H]1COC(=O)[C@H]([C@@H](C)CC)NC(=O)[C@@H](CCC(N)=O)NC(=O)[C@H](CC(C)C)NC(=O)[C@H](CC(C)C)NC(=O)[C@@H](CCC(N)=O)NC(=O)[C@@H](CC(C)C)NC(=O)[C@@H](C(C)C)NC1=O)C(C)C. The Morgan fingerprint density at radius 3 is 1.13 bits per heavy atom. The molecule has 0 spiro atoms. The normalized spacial score (nSPS) is 20.4. The van der Waals surface area contributed by atoms with Crippen LogP contribution in [0.3, 0.4) is 0 Å². The van der Waals surface area contributed by atoms with E-state index in [1.165, 1.54) is 34.6 Å². The van der Waals surface area contributed by atoms with Gasteiger partial charge in [0.05, 0.1) is 0 Å². The van der Waals surface area contributed by atoms with Gasteiger partial charge in [-0.1, -0.05) is 163 Å². The first-order valence-corrected chi connectivity index (χ1v) is 43.7. The van der Waals surface area contributed by atoms with Crippen LogP contribution in [-0.4, -0.2) is 215 Å². The van der Waals surface area contributed by atoms with Crippen molar-refractivity contribution in [2.75, 3.05) is 6.61 Å². The molecule has 23 N–H and O–H groups in total. The van der Waals surface area contributed by atoms with E-state index in [-0.39, 0.29) is 68.6 Å². The molecule has 124 heavy (non-hydrogen) atoms. The number of hydrogen-bond donors (Lipinski definition) is 19. The summed E-state index contributed by atoms with van der Waals surface area (Å²) >= 11 is 0. The third-order valence-electron chi connectivity index (χ3n) is 20.5. The number of amides is 18. The molecule has 15 atom stereocenters. The molecular formula is C84H146N18O22. The fraction of sp³-hybridized carbons (Fsp3) is 0.762. The van der Waals surface area contributed by atoms with Crippen LogP contribution in [0, 0.1) is 47.3 Å². The summed E-state index contributed by atoms with van der Waals surface area (Å²) < 4.78 is 5.80. The Balaban J connectivity index is 4.23. The first kappa shape index (κ1) is 111. The van der Waals surface area contributed by atoms with Crippen molar-refractivity contribution in [1.82, 2.24) is 74.4 Å². The third kappa shape index (κ3) is 44.6. The number of carboxylic acids is 1. The lowest BCUT2D eigenvalue weighted by Gasteiger charge is -2.30. The van der Waals surface area contributed by atoms with Crippen LogP contribution >= 0.6 is 0 Å². The summed E-state index contributed by atoms with van der Waals surface area (Å²) in [7, 11) is 0. The molecule has 0 saturated carbocycles. The van der Waals surface area contributed by atoms with Gasteiger partial charge in [0.2, 0.25) is 106 Å². The number of aliphatic carboxylic acids is 1. The van der Waals surface area contributed by atoms with Gasteiger partial charge in [0, 0.05) is 38.5 Å². The second kappa shape index (κ2) is 57.8. The Labute approximate surface area is 728 Å². The summed E-state index contributed by atoms with van der Waals surface area (Å²) in [6.07, 6.45) is 1.18. The molecular weight excluding hydrogens is 1610 g/mol. The van der Waals surface area contributed by atoms with Gasteiger partial charge in [0.25, 0.3) is 0 Å². The predicted octanol–water partition coefficient (Wildman–Crippen LogP) is -0.0135. The van der Waals surface area contributed by atoms with Crippen LogP contribution in [0.25, 0.3) is 0 Å². The van der Waals surface area contributed by atoms with Gasteiger partial charge in [-0.2, -0.15) is 0 Å². The highest BCUT2D eigenvalue weighted by molar-refractivity contribution is 6.01. The molecule has 0 aromatic rings. The van der Waals surface area contributed by atoms with Crippen molar-refractivity contribution in [3.63, 3.8) is 0 Å². The third-order valence-corrected chi connectivity index (χ3v) is 20.5. The standard InChI is InChI=1S/C84H146N18O22/c1-18-20-21-22-23-24-25-26-66(107)89-56(37-43(3)4)76(115)94-55(31-36-67(108)109)71(110)90-53(29-34-64(87)105)74(113)100-68(48(13)14)82(121)97-60(41-47(11)12)79(118)92-52(28-33-63(86)104)73(112)99-61-42-124-84(123)70(50(17)19-2)102-75(114)54(30-35-65(88)106)93-77(116)57(38-44(5)6)96-80(119)58(39-45(7)8)95-72(111)51(27-32-62(85)103)91-78(117)59(40-46(9)10)98-83(122)69(49(15)16)101-81(61)120/h43-61,68-70H,18-42H2,1-17H3,(H2,85,103)(H2,86,104)(H2,87,105)(H2,88,106)(H,89,107)(H,90,110)(H,91,117)(H,92,118)(H,93,116)(H,94,115)(H,95,111)(H,96,119)(H,97,121)(H,98,122)(H,99,112)(H,100,113)(H,101,120)(H,102,114)(H,108,109)/t50-,51+,52-,53-,54+,55+,56-,57-,58-,59+,60+,61+,68+,69+,70-/m0/s1. The molecule has 1 saturated heterocycles. The maximum Gasteiger partial charge on any atom is 0.329 e. The first-order chi connectivity index (χ1) is 57.9. The van der Waals surface area contributed by atoms with Gasteiger partial charge in [0.1, 0.15) is 91.2 Å². The van der Waals surface area contributed by atoms with Gasteiger partial charge < -0.3 is 107 Å². The minimum absolute atomic E-state index is 0.0444. The highest BCUT2D eigenvalue weighted by Crippen LogP contribution is 2.19. The van der Waals surface area contributed by atoms with Gasteiger partial charge >= 0.3 is 11.9 Å². The number of esters is 1. The molecule has 0 bridgehead atoms. The van der Waals surface area contributed by atoms with Crippen molar-refractivity contribution in [2.24, 2.45) is 70.3 Å². The van der Waals surface area contributed by atoms with Crippen LogP contribution in [-0.2, 0) is 101 Å². The summed E-state index contributed by atoms with van der Waals surface area (Å²) in [4.78, 5) is 280. The molecule has 1 aliphatic heterocycles. The lowest BCUT2D eigenvalue weighted by Crippen LogP contribution is -2.62. The maximum absolute atomic E-state index is 15.1. The van der Waals surface area contributed by atoms with Gasteiger partial charge in [0.15, 0.2) is 0 Å². The minimum atomic E-state index is -2.10. The average molecular weight is 1760 g/mol. The fourth-order valence-corrected chi connectivity index (χ4v) is 13.4. The zero-order chi connectivity index (χ0) is 94.5. The number of carbonyl (C=O) groups is 20. The minimum Gasteiger partial charge on any atom is -0.481 e. The Bertz CT molecular complexity index is 3590. The fourth-order valence-electron chi connectivity index (χ4n) is 13.4. The van der Waals surface area contributed by atoms with Crippen molar-refractivity contribution in [2.45, 2.75) is 356 Å². The number of rotatable bonds is 50. The molecule has 0 radical (unpaired) electrons. The lowest BCUT2D eigenvalue weighted by molar-refractivity contribution is -0.152. The van der Waals surface area contributed by atoms with Crippen molar-refractivity contribution in [3.8, 4) is 0 Å². The number of nitrogens with two attached hydrogens (primary N) is 4. The Kier molecular flexibility index (Phi) is 51.9. The van der Waals surface area contributed by atoms with E-state index in [0.29, 0.717) is 6.42 Å². The molecule has 1 fully saturated rings. The number of cyclic esters (lactones) is 1. The van der Waals surface area contributed by atoms with E-state index in [2.05, 4.69) is 81.4 Å². The summed E-state index contributed by atoms with van der Waals surface area (Å²) in [6, 6.07) is -22.6. The lowest BCUT2D eigenvalue weighted by atomic mass is 9.97. The van der Waals surface area contributed by atoms with Gasteiger partial charge in [-0.25, -0.2) is 4.79 Å². The van der Waals surface area contributed by atoms with Crippen molar-refractivity contribution >= 4 is 118 Å². The van der Waals surface area contributed by atoms with E-state index in [0.717, 1.165) is 38.5 Å². The molecule has 0 aromatic heterocycles. The number of nitrogens with one attached hydrogen (secondary N) is 14. The Hall–Kier alpha value is -10.6. The zero-order valence-corrected chi connectivity index (χ0v) is 75.7. The van der Waals surface area contributed by atoms with Crippen LogP contribution in [0.2, 0.25) is 0 Å². The largest absolute Gasteiger partial charge is 0.481 e. The molecule has 1 heterocycles. The second-order valence-corrected chi connectivity index (χ2v) is 35.2. The monoisotopic (exact) mass is 1760 g/mol. The van der Waals surface area contributed by atoms with Crippen LogP contribution in [0.4, 0.5) is 0 Å². The van der Waals surface area contributed by atoms with E-state index in [4.69, 9.17) is 27.7 Å². The predicted molar refractivity (Wildman–Crippen MR) is 458 cm³/mol. The van der Waals surface area contributed by atoms with E-state index in [9.17, 15) is 91.4 Å². The topological polar surface area (TPSA) is 643 Å². The smallest absolute Gasteiger partial charge is 0.329 e. The molecule has 704 valence electrons. The molecule has 40 heteroatoms. The van der Waals surface area contributed by atoms with E-state index < -0.39 is 297 Å². The van der Waals surface area contributed by atoms with Gasteiger partial charge in [-0.15, -0.1) is 0 Å². The van der Waals surface area contributed by atoms with Gasteiger partial charge in [-0.3, -0.25) is 91.1 Å². The Morgan fingerprint density at radius 1 is 0.379 bits per heavy atom. The van der Waals surface area contributed by atoms with E-state index in [1.807, 2.05) is 0 Å². The van der Waals surface area contributed by atoms with Gasteiger partial charge in [-0.05, 0) is 118 Å². The number of primary amides is 4. The summed E-state index contributed by atoms with van der Waals surface area (Å²) in [5.41, 5.74) is 22.2. The summed E-state index contributed by atoms with van der Waals surface area (Å²) in [5, 5.41) is 45.7. The molecule has 18 amide bonds. The first-order valence-electron chi connectivity index (χ1n) is 43.7. The zero-order valence-electron chi connectivity index (χ0n) is 75.7. The van der Waals surface area contributed by atoms with Crippen LogP contribution in [0.5, 0.6) is 0 Å². The van der Waals surface area contributed by atoms with Crippen LogP contribution < -0.4 is 97.4 Å². The van der Waals surface area contributed by atoms with Crippen LogP contribution in [0.1, 0.15) is 272 Å². The van der Waals surface area contributed by atoms with Crippen molar-refractivity contribution in [3.05, 3.63) is 0 Å². The number of carboxylic acid groups (broad SMARTS) is 1. The average Bonchev–Trinajstić information content (AvgIpc) is 0.983. The van der Waals surface area contributed by atoms with Crippen molar-refractivity contribution < 1.29 is 106 Å². The van der Waals surface area contributed by atoms with Crippen LogP contribution in [0.15, 0.2) is 0 Å². The Morgan fingerprint density at radius 2 is 0.734 bits per heavy atom. The molecule has 1 rings (SSSR count). The highest BCUT2D eigenvalue weighted by atomic mass is 16.5. The molecule has 1 aliphatic rings. The number of carbonyl (C=O) groups excluding carboxylic acids is 19. The van der Waals surface area contributed by atoms with E-state index >= 15 is 9.59 Å². The number of ether oxygens (including phenoxy) is 1. The number of unbranched alkanes of at least 4 members (excludes halogenated alkanes) is 6. The van der Waals surface area contributed by atoms with E-state index in [1.54, 1.807) is 76.2 Å². The molecule has 40 nitrogen and oxygen atoms in total. The second-order valence-electron chi connectivity index (χ2n) is 35.2. The molecule has 0 aromatic carbocycles. The quantitative estimate of drug-likeness (QED) is 0.0281. The molecule has 0 aliphatic carbocycles.